The zero-order chi connectivity index (χ0) is 18.5. The third-order valence-electron chi connectivity index (χ3n) is 5.07. The lowest BCUT2D eigenvalue weighted by Gasteiger charge is -2.33. The van der Waals surface area contributed by atoms with Gasteiger partial charge in [-0.3, -0.25) is 4.98 Å². The number of fused-ring (bicyclic) bond motifs is 1. The fraction of sp³-hybridized carbons (Fsp3) is 0.450. The van der Waals surface area contributed by atoms with E-state index in [1.54, 1.807) is 18.4 Å². The number of hydrogen-bond donors (Lipinski definition) is 1. The summed E-state index contributed by atoms with van der Waals surface area (Å²) in [4.78, 5) is 15.5. The molecule has 0 bridgehead atoms. The van der Waals surface area contributed by atoms with Crippen LogP contribution in [0, 0.1) is 0 Å². The van der Waals surface area contributed by atoms with Crippen molar-refractivity contribution in [3.63, 3.8) is 0 Å². The van der Waals surface area contributed by atoms with Crippen molar-refractivity contribution in [1.29, 1.82) is 0 Å². The molecule has 0 atom stereocenters. The third kappa shape index (κ3) is 4.36. The lowest BCUT2D eigenvalue weighted by atomic mass is 10.0. The van der Waals surface area contributed by atoms with Crippen LogP contribution in [0.1, 0.15) is 24.8 Å². The highest BCUT2D eigenvalue weighted by Gasteiger charge is 2.22. The number of rotatable bonds is 7. The molecule has 6 nitrogen and oxygen atoms in total. The Morgan fingerprint density at radius 2 is 2.00 bits per heavy atom. The molecular weight excluding hydrogens is 358 g/mol. The molecule has 0 radical (unpaired) electrons. The van der Waals surface area contributed by atoms with E-state index in [4.69, 9.17) is 4.74 Å². The van der Waals surface area contributed by atoms with E-state index in [1.807, 2.05) is 18.5 Å². The molecule has 27 heavy (non-hydrogen) atoms. The molecule has 142 valence electrons. The van der Waals surface area contributed by atoms with E-state index in [0.29, 0.717) is 12.1 Å². The predicted molar refractivity (Wildman–Crippen MR) is 110 cm³/mol. The Labute approximate surface area is 163 Å². The van der Waals surface area contributed by atoms with Crippen LogP contribution >= 0.6 is 11.3 Å². The van der Waals surface area contributed by atoms with Gasteiger partial charge in [-0.2, -0.15) is 9.97 Å². The first-order valence-electron chi connectivity index (χ1n) is 9.50. The van der Waals surface area contributed by atoms with Gasteiger partial charge in [0.25, 0.3) is 0 Å². The second-order valence-corrected chi connectivity index (χ2v) is 7.76. The number of ether oxygens (including phenoxy) is 1. The Bertz CT molecular complexity index is 861. The number of nitrogens with zero attached hydrogens (tertiary/aromatic N) is 4. The molecule has 3 aromatic heterocycles. The summed E-state index contributed by atoms with van der Waals surface area (Å²) in [5.41, 5.74) is 2.33. The van der Waals surface area contributed by atoms with E-state index in [2.05, 4.69) is 42.7 Å². The molecule has 0 saturated carbocycles. The van der Waals surface area contributed by atoms with Gasteiger partial charge in [0.1, 0.15) is 0 Å². The number of piperidine rings is 1. The predicted octanol–water partition coefficient (Wildman–Crippen LogP) is 3.29. The number of methoxy groups -OCH3 is 1. The highest BCUT2D eigenvalue weighted by molar-refractivity contribution is 7.17. The van der Waals surface area contributed by atoms with Crippen LogP contribution < -0.4 is 15.0 Å². The molecule has 1 aliphatic heterocycles. The van der Waals surface area contributed by atoms with Crippen LogP contribution in [-0.2, 0) is 6.42 Å². The van der Waals surface area contributed by atoms with Crippen molar-refractivity contribution in [3.05, 3.63) is 41.5 Å². The van der Waals surface area contributed by atoms with E-state index < -0.39 is 0 Å². The van der Waals surface area contributed by atoms with Crippen molar-refractivity contribution in [2.75, 3.05) is 31.6 Å². The minimum absolute atomic E-state index is 0.451. The number of pyridine rings is 1. The summed E-state index contributed by atoms with van der Waals surface area (Å²) in [7, 11) is 1.62. The van der Waals surface area contributed by atoms with Crippen LogP contribution in [0.3, 0.4) is 0 Å². The van der Waals surface area contributed by atoms with Gasteiger partial charge in [0.15, 0.2) is 5.82 Å². The lowest BCUT2D eigenvalue weighted by molar-refractivity contribution is 0.379. The summed E-state index contributed by atoms with van der Waals surface area (Å²) >= 11 is 1.70. The monoisotopic (exact) mass is 383 g/mol. The number of nitrogens with one attached hydrogen (secondary N) is 1. The summed E-state index contributed by atoms with van der Waals surface area (Å²) < 4.78 is 6.44. The summed E-state index contributed by atoms with van der Waals surface area (Å²) in [5, 5.41) is 5.79. The molecule has 1 fully saturated rings. The van der Waals surface area contributed by atoms with Crippen molar-refractivity contribution in [2.24, 2.45) is 0 Å². The van der Waals surface area contributed by atoms with Crippen LogP contribution in [0.5, 0.6) is 6.01 Å². The zero-order valence-electron chi connectivity index (χ0n) is 15.6. The van der Waals surface area contributed by atoms with E-state index in [1.165, 1.54) is 5.56 Å². The Kier molecular flexibility index (Phi) is 5.79. The average molecular weight is 384 g/mol. The smallest absolute Gasteiger partial charge is 0.318 e. The number of thiophene rings is 1. The SMILES string of the molecule is COc1nc(N2CCC(NCCCc3ccncc3)CC2)c2sccc2n1. The Morgan fingerprint density at radius 1 is 1.19 bits per heavy atom. The van der Waals surface area contributed by atoms with E-state index in [9.17, 15) is 0 Å². The van der Waals surface area contributed by atoms with Gasteiger partial charge in [0.05, 0.1) is 17.3 Å². The summed E-state index contributed by atoms with van der Waals surface area (Å²) in [6.07, 6.45) is 8.26. The van der Waals surface area contributed by atoms with Gasteiger partial charge in [-0.15, -0.1) is 11.3 Å². The van der Waals surface area contributed by atoms with Gasteiger partial charge in [-0.25, -0.2) is 0 Å². The Balaban J connectivity index is 1.28. The molecule has 0 unspecified atom stereocenters. The molecule has 0 aromatic carbocycles. The highest BCUT2D eigenvalue weighted by atomic mass is 32.1. The number of aromatic nitrogens is 3. The van der Waals surface area contributed by atoms with E-state index in [0.717, 1.165) is 61.4 Å². The van der Waals surface area contributed by atoms with Crippen LogP contribution in [0.2, 0.25) is 0 Å². The summed E-state index contributed by atoms with van der Waals surface area (Å²) in [6.45, 7) is 3.08. The molecule has 0 aliphatic carbocycles. The van der Waals surface area contributed by atoms with Crippen molar-refractivity contribution >= 4 is 27.4 Å². The fourth-order valence-electron chi connectivity index (χ4n) is 3.58. The maximum atomic E-state index is 5.29. The molecule has 4 rings (SSSR count). The van der Waals surface area contributed by atoms with E-state index >= 15 is 0 Å². The normalized spacial score (nSPS) is 15.4. The molecule has 0 spiro atoms. The number of aryl methyl sites for hydroxylation is 1. The topological polar surface area (TPSA) is 63.2 Å². The van der Waals surface area contributed by atoms with Crippen LogP contribution in [0.15, 0.2) is 36.0 Å². The van der Waals surface area contributed by atoms with Crippen LogP contribution in [-0.4, -0.2) is 47.7 Å². The first kappa shape index (κ1) is 18.1. The minimum Gasteiger partial charge on any atom is -0.467 e. The lowest BCUT2D eigenvalue weighted by Crippen LogP contribution is -2.43. The minimum atomic E-state index is 0.451. The van der Waals surface area contributed by atoms with Crippen molar-refractivity contribution in [2.45, 2.75) is 31.7 Å². The van der Waals surface area contributed by atoms with E-state index in [-0.39, 0.29) is 0 Å². The second-order valence-electron chi connectivity index (χ2n) is 6.84. The van der Waals surface area contributed by atoms with Crippen molar-refractivity contribution in [1.82, 2.24) is 20.3 Å². The second kappa shape index (κ2) is 8.63. The number of anilines is 1. The maximum absolute atomic E-state index is 5.29. The average Bonchev–Trinajstić information content (AvgIpc) is 3.20. The van der Waals surface area contributed by atoms with Crippen molar-refractivity contribution in [3.8, 4) is 6.01 Å². The zero-order valence-corrected chi connectivity index (χ0v) is 16.4. The van der Waals surface area contributed by atoms with Crippen LogP contribution in [0.25, 0.3) is 10.2 Å². The third-order valence-corrected chi connectivity index (χ3v) is 5.97. The largest absolute Gasteiger partial charge is 0.467 e. The fourth-order valence-corrected chi connectivity index (χ4v) is 4.42. The molecule has 1 aliphatic rings. The van der Waals surface area contributed by atoms with Gasteiger partial charge in [0, 0.05) is 31.5 Å². The van der Waals surface area contributed by atoms with Crippen LogP contribution in [0.4, 0.5) is 5.82 Å². The van der Waals surface area contributed by atoms with Gasteiger partial charge in [-0.05, 0) is 61.4 Å². The van der Waals surface area contributed by atoms with Gasteiger partial charge in [-0.1, -0.05) is 0 Å². The molecule has 0 amide bonds. The first-order chi connectivity index (χ1) is 13.3. The molecule has 7 heteroatoms. The van der Waals surface area contributed by atoms with Gasteiger partial charge in [0.2, 0.25) is 0 Å². The molecular formula is C20H25N5OS. The molecule has 4 heterocycles. The highest BCUT2D eigenvalue weighted by Crippen LogP contribution is 2.32. The quantitative estimate of drug-likeness (QED) is 0.632. The standard InChI is InChI=1S/C20H25N5OS/c1-26-20-23-17-8-14-27-18(17)19(24-20)25-12-6-16(7-13-25)22-9-2-3-15-4-10-21-11-5-15/h4-5,8,10-11,14,16,22H,2-3,6-7,9,12-13H2,1H3. The van der Waals surface area contributed by atoms with Gasteiger partial charge < -0.3 is 15.0 Å². The van der Waals surface area contributed by atoms with Crippen molar-refractivity contribution < 1.29 is 4.74 Å². The molecule has 1 N–H and O–H groups in total. The number of hydrogen-bond acceptors (Lipinski definition) is 7. The molecule has 3 aromatic rings. The Morgan fingerprint density at radius 3 is 2.78 bits per heavy atom. The van der Waals surface area contributed by atoms with Gasteiger partial charge >= 0.3 is 6.01 Å². The maximum Gasteiger partial charge on any atom is 0.318 e. The Hall–Kier alpha value is -2.25. The summed E-state index contributed by atoms with van der Waals surface area (Å²) in [5.74, 6) is 1.02. The first-order valence-corrected chi connectivity index (χ1v) is 10.4. The summed E-state index contributed by atoms with van der Waals surface area (Å²) in [6, 6.07) is 7.26. The molecule has 1 saturated heterocycles.